The highest BCUT2D eigenvalue weighted by Crippen LogP contribution is 2.41. The summed E-state index contributed by atoms with van der Waals surface area (Å²) in [6.07, 6.45) is 2.91. The SMILES string of the molecule is Cc1nc(C)c(-c2ccc(OCCc3ccc(F)cc3)cc2)c(N2CCC(C)(C)CC2)c1CC(=O)OC(C)C. The van der Waals surface area contributed by atoms with Gasteiger partial charge < -0.3 is 14.4 Å². The molecule has 1 aromatic heterocycles. The molecule has 2 heterocycles. The van der Waals surface area contributed by atoms with E-state index in [0.717, 1.165) is 71.0 Å². The highest BCUT2D eigenvalue weighted by Gasteiger charge is 2.30. The second-order valence-corrected chi connectivity index (χ2v) is 11.6. The van der Waals surface area contributed by atoms with Gasteiger partial charge in [0.2, 0.25) is 0 Å². The van der Waals surface area contributed by atoms with Gasteiger partial charge in [0.1, 0.15) is 11.6 Å². The smallest absolute Gasteiger partial charge is 0.310 e. The molecule has 0 bridgehead atoms. The van der Waals surface area contributed by atoms with Gasteiger partial charge in [0.05, 0.1) is 24.8 Å². The topological polar surface area (TPSA) is 51.7 Å². The first kappa shape index (κ1) is 28.6. The predicted molar refractivity (Wildman–Crippen MR) is 155 cm³/mol. The Bertz CT molecular complexity index is 1270. The van der Waals surface area contributed by atoms with Crippen LogP contribution in [0.2, 0.25) is 0 Å². The molecule has 6 heteroatoms. The largest absolute Gasteiger partial charge is 0.493 e. The minimum atomic E-state index is -0.233. The maximum atomic E-state index is 13.2. The average Bonchev–Trinajstić information content (AvgIpc) is 2.87. The lowest BCUT2D eigenvalue weighted by Gasteiger charge is -2.40. The Balaban J connectivity index is 1.62. The molecule has 0 unspecified atom stereocenters. The molecular weight excluding hydrogens is 491 g/mol. The number of piperidine rings is 1. The number of hydrogen-bond donors (Lipinski definition) is 0. The van der Waals surface area contributed by atoms with E-state index in [1.807, 2.05) is 39.8 Å². The normalized spacial score (nSPS) is 14.9. The molecule has 4 rings (SSSR count). The summed E-state index contributed by atoms with van der Waals surface area (Å²) in [5.41, 5.74) is 7.30. The highest BCUT2D eigenvalue weighted by atomic mass is 19.1. The fraction of sp³-hybridized carbons (Fsp3) is 0.455. The lowest BCUT2D eigenvalue weighted by atomic mass is 9.82. The summed E-state index contributed by atoms with van der Waals surface area (Å²) in [6, 6.07) is 14.6. The second-order valence-electron chi connectivity index (χ2n) is 11.6. The van der Waals surface area contributed by atoms with Crippen LogP contribution in [0.3, 0.4) is 0 Å². The fourth-order valence-electron chi connectivity index (χ4n) is 5.21. The Morgan fingerprint density at radius 3 is 2.26 bits per heavy atom. The fourth-order valence-corrected chi connectivity index (χ4v) is 5.21. The summed E-state index contributed by atoms with van der Waals surface area (Å²) in [6.45, 7) is 14.8. The number of halogens is 1. The van der Waals surface area contributed by atoms with Crippen molar-refractivity contribution in [1.29, 1.82) is 0 Å². The summed E-state index contributed by atoms with van der Waals surface area (Å²) in [4.78, 5) is 20.1. The molecule has 0 radical (unpaired) electrons. The molecule has 0 spiro atoms. The van der Waals surface area contributed by atoms with Crippen LogP contribution >= 0.6 is 0 Å². The Hall–Kier alpha value is -3.41. The van der Waals surface area contributed by atoms with E-state index in [2.05, 4.69) is 30.9 Å². The van der Waals surface area contributed by atoms with Crippen LogP contribution in [-0.4, -0.2) is 36.8 Å². The van der Waals surface area contributed by atoms with Gasteiger partial charge >= 0.3 is 5.97 Å². The number of esters is 1. The lowest BCUT2D eigenvalue weighted by molar-refractivity contribution is -0.146. The predicted octanol–water partition coefficient (Wildman–Crippen LogP) is 7.25. The average molecular weight is 533 g/mol. The van der Waals surface area contributed by atoms with Crippen molar-refractivity contribution in [3.63, 3.8) is 0 Å². The number of ether oxygens (including phenoxy) is 2. The van der Waals surface area contributed by atoms with E-state index in [9.17, 15) is 9.18 Å². The second kappa shape index (κ2) is 12.2. The number of rotatable bonds is 9. The van der Waals surface area contributed by atoms with Crippen molar-refractivity contribution in [3.8, 4) is 16.9 Å². The van der Waals surface area contributed by atoms with Crippen LogP contribution in [-0.2, 0) is 22.4 Å². The molecule has 2 aromatic carbocycles. The molecule has 0 amide bonds. The van der Waals surface area contributed by atoms with Gasteiger partial charge in [-0.3, -0.25) is 9.78 Å². The third-order valence-corrected chi connectivity index (χ3v) is 7.49. The van der Waals surface area contributed by atoms with Gasteiger partial charge in [0, 0.05) is 42.0 Å². The summed E-state index contributed by atoms with van der Waals surface area (Å²) in [5.74, 6) is 0.317. The van der Waals surface area contributed by atoms with E-state index >= 15 is 0 Å². The zero-order valence-electron chi connectivity index (χ0n) is 24.1. The molecule has 0 aliphatic carbocycles. The van der Waals surface area contributed by atoms with Crippen LogP contribution in [0.25, 0.3) is 11.1 Å². The molecule has 3 aromatic rings. The summed E-state index contributed by atoms with van der Waals surface area (Å²) in [7, 11) is 0. The highest BCUT2D eigenvalue weighted by molar-refractivity contribution is 5.87. The van der Waals surface area contributed by atoms with Crippen molar-refractivity contribution in [2.45, 2.75) is 73.3 Å². The van der Waals surface area contributed by atoms with Crippen LogP contribution in [0.4, 0.5) is 10.1 Å². The van der Waals surface area contributed by atoms with E-state index in [-0.39, 0.29) is 24.3 Å². The first-order valence-corrected chi connectivity index (χ1v) is 13.9. The van der Waals surface area contributed by atoms with Gasteiger partial charge in [-0.15, -0.1) is 0 Å². The molecule has 5 nitrogen and oxygen atoms in total. The first-order valence-electron chi connectivity index (χ1n) is 13.9. The van der Waals surface area contributed by atoms with Crippen molar-refractivity contribution < 1.29 is 18.7 Å². The van der Waals surface area contributed by atoms with E-state index in [4.69, 9.17) is 14.5 Å². The Labute approximate surface area is 232 Å². The molecule has 0 saturated carbocycles. The van der Waals surface area contributed by atoms with Gasteiger partial charge in [-0.25, -0.2) is 4.39 Å². The Morgan fingerprint density at radius 2 is 1.64 bits per heavy atom. The molecule has 0 atom stereocenters. The third kappa shape index (κ3) is 7.37. The lowest BCUT2D eigenvalue weighted by Crippen LogP contribution is -2.38. The molecule has 39 heavy (non-hydrogen) atoms. The number of anilines is 1. The number of carbonyl (C=O) groups excluding carboxylic acids is 1. The van der Waals surface area contributed by atoms with Gasteiger partial charge in [-0.1, -0.05) is 38.1 Å². The zero-order chi connectivity index (χ0) is 28.2. The summed E-state index contributed by atoms with van der Waals surface area (Å²) in [5, 5.41) is 0. The van der Waals surface area contributed by atoms with E-state index in [0.29, 0.717) is 18.4 Å². The van der Waals surface area contributed by atoms with Crippen molar-refractivity contribution >= 4 is 11.7 Å². The van der Waals surface area contributed by atoms with Gasteiger partial charge in [-0.2, -0.15) is 0 Å². The zero-order valence-corrected chi connectivity index (χ0v) is 24.1. The van der Waals surface area contributed by atoms with Gasteiger partial charge in [0.15, 0.2) is 0 Å². The van der Waals surface area contributed by atoms with Crippen LogP contribution in [0.1, 0.15) is 63.1 Å². The first-order chi connectivity index (χ1) is 18.5. The van der Waals surface area contributed by atoms with E-state index in [1.165, 1.54) is 12.1 Å². The van der Waals surface area contributed by atoms with Crippen molar-refractivity contribution in [2.24, 2.45) is 5.41 Å². The number of benzene rings is 2. The maximum Gasteiger partial charge on any atom is 0.310 e. The minimum Gasteiger partial charge on any atom is -0.493 e. The Morgan fingerprint density at radius 1 is 1.00 bits per heavy atom. The molecule has 1 saturated heterocycles. The molecule has 1 aliphatic heterocycles. The van der Waals surface area contributed by atoms with Gasteiger partial charge in [-0.05, 0) is 81.3 Å². The standard InChI is InChI=1S/C33H41FN2O3/c1-22(2)39-30(37)21-29-23(3)35-24(4)31(32(29)36-18-16-33(5,6)17-19-36)26-9-13-28(14-10-26)38-20-15-25-7-11-27(34)12-8-25/h7-14,22H,15-21H2,1-6H3. The quantitative estimate of drug-likeness (QED) is 0.272. The molecule has 1 fully saturated rings. The number of carbonyl (C=O) groups is 1. The number of hydrogen-bond acceptors (Lipinski definition) is 5. The van der Waals surface area contributed by atoms with Crippen LogP contribution in [0.15, 0.2) is 48.5 Å². The maximum absolute atomic E-state index is 13.2. The van der Waals surface area contributed by atoms with E-state index in [1.54, 1.807) is 12.1 Å². The van der Waals surface area contributed by atoms with Crippen LogP contribution in [0, 0.1) is 25.1 Å². The summed E-state index contributed by atoms with van der Waals surface area (Å²) >= 11 is 0. The minimum absolute atomic E-state index is 0.162. The van der Waals surface area contributed by atoms with Crippen molar-refractivity contribution in [3.05, 3.63) is 76.9 Å². The molecule has 1 aliphatic rings. The number of aryl methyl sites for hydroxylation is 2. The molecular formula is C33H41FN2O3. The Kier molecular flexibility index (Phi) is 8.94. The number of pyridine rings is 1. The number of nitrogens with zero attached hydrogens (tertiary/aromatic N) is 2. The van der Waals surface area contributed by atoms with Crippen molar-refractivity contribution in [1.82, 2.24) is 4.98 Å². The molecule has 0 N–H and O–H groups in total. The van der Waals surface area contributed by atoms with E-state index < -0.39 is 0 Å². The van der Waals surface area contributed by atoms with Crippen LogP contribution < -0.4 is 9.64 Å². The van der Waals surface area contributed by atoms with Crippen LogP contribution in [0.5, 0.6) is 5.75 Å². The van der Waals surface area contributed by atoms with Crippen molar-refractivity contribution in [2.75, 3.05) is 24.6 Å². The summed E-state index contributed by atoms with van der Waals surface area (Å²) < 4.78 is 24.7. The van der Waals surface area contributed by atoms with Gasteiger partial charge in [0.25, 0.3) is 0 Å². The number of aromatic nitrogens is 1. The third-order valence-electron chi connectivity index (χ3n) is 7.49. The monoisotopic (exact) mass is 532 g/mol. The molecule has 208 valence electrons.